The average Bonchev–Trinajstić information content (AvgIpc) is 2.96. The molecule has 6 atom stereocenters. The van der Waals surface area contributed by atoms with Crippen molar-refractivity contribution in [1.82, 2.24) is 4.90 Å². The second-order valence-electron chi connectivity index (χ2n) is 17.7. The molecular formula is C37H59NO10. The number of rotatable bonds is 7. The van der Waals surface area contributed by atoms with Crippen molar-refractivity contribution in [2.75, 3.05) is 6.61 Å². The minimum Gasteiger partial charge on any atom is -0.462 e. The molecule has 2 aliphatic heterocycles. The van der Waals surface area contributed by atoms with Crippen molar-refractivity contribution in [3.05, 3.63) is 12.3 Å². The summed E-state index contributed by atoms with van der Waals surface area (Å²) in [5.74, 6) is -2.23. The van der Waals surface area contributed by atoms with Gasteiger partial charge in [-0.05, 0) is 108 Å². The van der Waals surface area contributed by atoms with E-state index in [0.29, 0.717) is 5.92 Å². The van der Waals surface area contributed by atoms with Crippen LogP contribution in [0.4, 0.5) is 0 Å². The third kappa shape index (κ3) is 10.0. The zero-order chi connectivity index (χ0) is 36.4. The second kappa shape index (κ2) is 14.9. The van der Waals surface area contributed by atoms with Crippen molar-refractivity contribution < 1.29 is 47.7 Å². The van der Waals surface area contributed by atoms with Gasteiger partial charge >= 0.3 is 23.9 Å². The highest BCUT2D eigenvalue weighted by molar-refractivity contribution is 5.80. The number of esters is 4. The van der Waals surface area contributed by atoms with Gasteiger partial charge in [-0.15, -0.1) is 0 Å². The quantitative estimate of drug-likeness (QED) is 0.229. The molecule has 48 heavy (non-hydrogen) atoms. The summed E-state index contributed by atoms with van der Waals surface area (Å²) in [5, 5.41) is 0. The Kier molecular flexibility index (Phi) is 12.2. The topological polar surface area (TPSA) is 135 Å². The number of nitrogens with zero attached hydrogens (tertiary/aromatic N) is 1. The maximum Gasteiger partial charge on any atom is 0.311 e. The van der Waals surface area contributed by atoms with Crippen LogP contribution in [0.1, 0.15) is 122 Å². The summed E-state index contributed by atoms with van der Waals surface area (Å²) in [6.45, 7) is 19.8. The van der Waals surface area contributed by atoms with Gasteiger partial charge < -0.3 is 23.7 Å². The number of allylic oxidation sites excluding steroid dienone is 1. The lowest BCUT2D eigenvalue weighted by Gasteiger charge is -2.49. The summed E-state index contributed by atoms with van der Waals surface area (Å²) in [5.41, 5.74) is -3.80. The molecule has 1 saturated carbocycles. The Balaban J connectivity index is 2.15. The zero-order valence-corrected chi connectivity index (χ0v) is 31.2. The van der Waals surface area contributed by atoms with E-state index >= 15 is 0 Å². The van der Waals surface area contributed by atoms with E-state index in [9.17, 15) is 24.0 Å². The summed E-state index contributed by atoms with van der Waals surface area (Å²) in [7, 11) is 0. The molecule has 11 nitrogen and oxygen atoms in total. The molecule has 0 spiro atoms. The smallest absolute Gasteiger partial charge is 0.311 e. The van der Waals surface area contributed by atoms with Crippen LogP contribution >= 0.6 is 0 Å². The van der Waals surface area contributed by atoms with E-state index in [0.717, 1.165) is 25.7 Å². The van der Waals surface area contributed by atoms with Crippen molar-refractivity contribution in [3.63, 3.8) is 0 Å². The monoisotopic (exact) mass is 677 g/mol. The van der Waals surface area contributed by atoms with Crippen LogP contribution in [0.15, 0.2) is 12.3 Å². The molecule has 0 aromatic rings. The van der Waals surface area contributed by atoms with Crippen molar-refractivity contribution in [2.24, 2.45) is 33.5 Å². The molecule has 1 aliphatic carbocycles. The van der Waals surface area contributed by atoms with Gasteiger partial charge in [-0.2, -0.15) is 0 Å². The Morgan fingerprint density at radius 3 is 1.60 bits per heavy atom. The molecule has 2 fully saturated rings. The van der Waals surface area contributed by atoms with Gasteiger partial charge in [0, 0.05) is 12.6 Å². The van der Waals surface area contributed by atoms with Crippen LogP contribution < -0.4 is 0 Å². The van der Waals surface area contributed by atoms with Crippen LogP contribution in [0.25, 0.3) is 0 Å². The zero-order valence-electron chi connectivity index (χ0n) is 31.2. The molecule has 0 radical (unpaired) electrons. The highest BCUT2D eigenvalue weighted by Crippen LogP contribution is 2.39. The van der Waals surface area contributed by atoms with Crippen LogP contribution in [-0.2, 0) is 47.7 Å². The lowest BCUT2D eigenvalue weighted by molar-refractivity contribution is -0.278. The number of amides is 1. The van der Waals surface area contributed by atoms with Gasteiger partial charge in [0.2, 0.25) is 5.91 Å². The SMILES string of the molecule is CC(C)(C)C(=O)OC[C@H]1O[C@@H](N2C=C[C@H](C3CCCCC3)CC2=O)[C@H](OC(=O)C(C)(C)C)[C@@H](OC(=O)C(C)(C)C)[C@H]1OC(=O)C(C)(C)C. The van der Waals surface area contributed by atoms with Gasteiger partial charge in [0.15, 0.2) is 24.5 Å². The third-order valence-corrected chi connectivity index (χ3v) is 8.89. The molecule has 1 amide bonds. The summed E-state index contributed by atoms with van der Waals surface area (Å²) < 4.78 is 30.4. The Morgan fingerprint density at radius 1 is 0.688 bits per heavy atom. The van der Waals surface area contributed by atoms with Crippen LogP contribution in [-0.4, -0.2) is 71.9 Å². The maximum atomic E-state index is 13.9. The number of hydrogen-bond donors (Lipinski definition) is 0. The largest absolute Gasteiger partial charge is 0.462 e. The summed E-state index contributed by atoms with van der Waals surface area (Å²) in [4.78, 5) is 68.7. The van der Waals surface area contributed by atoms with Crippen molar-refractivity contribution in [2.45, 2.75) is 152 Å². The number of carbonyl (C=O) groups excluding carboxylic acids is 5. The van der Waals surface area contributed by atoms with Crippen LogP contribution in [0.2, 0.25) is 0 Å². The van der Waals surface area contributed by atoms with Gasteiger partial charge in [-0.25, -0.2) is 0 Å². The van der Waals surface area contributed by atoms with Gasteiger partial charge in [0.25, 0.3) is 0 Å². The van der Waals surface area contributed by atoms with Gasteiger partial charge in [-0.3, -0.25) is 28.9 Å². The fourth-order valence-corrected chi connectivity index (χ4v) is 5.70. The summed E-state index contributed by atoms with van der Waals surface area (Å²) in [6, 6.07) is 0. The lowest BCUT2D eigenvalue weighted by Crippen LogP contribution is -2.67. The Morgan fingerprint density at radius 2 is 1.15 bits per heavy atom. The summed E-state index contributed by atoms with van der Waals surface area (Å²) >= 11 is 0. The average molecular weight is 678 g/mol. The minimum absolute atomic E-state index is 0.0618. The van der Waals surface area contributed by atoms with Gasteiger partial charge in [0.05, 0.1) is 21.7 Å². The predicted octanol–water partition coefficient (Wildman–Crippen LogP) is 6.12. The first-order valence-corrected chi connectivity index (χ1v) is 17.4. The Labute approximate surface area is 286 Å². The standard InChI is InChI=1S/C37H59NO10/c1-34(2,3)30(40)44-21-24-26(46-31(41)35(4,5)6)27(47-32(42)36(7,8)9)28(48-33(43)37(10,11)12)29(45-24)38-19-18-23(20-25(38)39)22-16-14-13-15-17-22/h18-19,22-24,26-29H,13-17,20-21H2,1-12H3/t23-,24+,26-,27-,28+,29+/m0/s1. The van der Waals surface area contributed by atoms with Crippen LogP contribution in [0.3, 0.4) is 0 Å². The molecule has 0 aromatic carbocycles. The number of ether oxygens (including phenoxy) is 5. The van der Waals surface area contributed by atoms with Crippen molar-refractivity contribution in [1.29, 1.82) is 0 Å². The first kappa shape index (κ1) is 39.5. The normalized spacial score (nSPS) is 27.7. The highest BCUT2D eigenvalue weighted by Gasteiger charge is 2.57. The third-order valence-electron chi connectivity index (χ3n) is 8.89. The Bertz CT molecular complexity index is 1220. The molecule has 3 aliphatic rings. The molecule has 0 unspecified atom stereocenters. The van der Waals surface area contributed by atoms with Crippen LogP contribution in [0.5, 0.6) is 0 Å². The maximum absolute atomic E-state index is 13.9. The fraction of sp³-hybridized carbons (Fsp3) is 0.811. The molecule has 272 valence electrons. The van der Waals surface area contributed by atoms with Gasteiger partial charge in [0.1, 0.15) is 12.7 Å². The first-order chi connectivity index (χ1) is 21.9. The molecule has 3 rings (SSSR count). The minimum atomic E-state index is -1.41. The van der Waals surface area contributed by atoms with E-state index in [2.05, 4.69) is 0 Å². The number of carbonyl (C=O) groups is 5. The van der Waals surface area contributed by atoms with E-state index in [1.807, 2.05) is 6.08 Å². The van der Waals surface area contributed by atoms with E-state index in [4.69, 9.17) is 23.7 Å². The second-order valence-corrected chi connectivity index (χ2v) is 17.7. The molecule has 1 saturated heterocycles. The van der Waals surface area contributed by atoms with Crippen molar-refractivity contribution >= 4 is 29.8 Å². The lowest BCUT2D eigenvalue weighted by atomic mass is 9.77. The summed E-state index contributed by atoms with van der Waals surface area (Å²) in [6.07, 6.45) is 2.84. The van der Waals surface area contributed by atoms with E-state index in [1.54, 1.807) is 89.3 Å². The van der Waals surface area contributed by atoms with Crippen LogP contribution in [0, 0.1) is 33.5 Å². The molecule has 2 heterocycles. The van der Waals surface area contributed by atoms with E-state index < -0.39 is 76.2 Å². The highest BCUT2D eigenvalue weighted by atomic mass is 16.7. The predicted molar refractivity (Wildman–Crippen MR) is 178 cm³/mol. The fourth-order valence-electron chi connectivity index (χ4n) is 5.70. The van der Waals surface area contributed by atoms with Gasteiger partial charge in [-0.1, -0.05) is 25.3 Å². The molecule has 0 bridgehead atoms. The molecule has 11 heteroatoms. The Hall–Kier alpha value is -2.95. The molecular weight excluding hydrogens is 618 g/mol. The van der Waals surface area contributed by atoms with E-state index in [1.165, 1.54) is 11.3 Å². The number of hydrogen-bond acceptors (Lipinski definition) is 10. The molecule has 0 N–H and O–H groups in total. The van der Waals surface area contributed by atoms with E-state index in [-0.39, 0.29) is 24.9 Å². The first-order valence-electron chi connectivity index (χ1n) is 17.4. The van der Waals surface area contributed by atoms with Crippen molar-refractivity contribution in [3.8, 4) is 0 Å². The molecule has 0 aromatic heterocycles.